The van der Waals surface area contributed by atoms with Gasteiger partial charge in [-0.25, -0.2) is 9.79 Å². The number of non-ortho nitro benzene ring substituents is 1. The van der Waals surface area contributed by atoms with Gasteiger partial charge in [0.05, 0.1) is 11.2 Å². The van der Waals surface area contributed by atoms with Crippen LogP contribution in [-0.4, -0.2) is 16.8 Å². The van der Waals surface area contributed by atoms with Crippen molar-refractivity contribution in [2.24, 2.45) is 4.99 Å². The predicted molar refractivity (Wildman–Crippen MR) is 81.6 cm³/mol. The van der Waals surface area contributed by atoms with E-state index in [1.807, 2.05) is 0 Å². The second kappa shape index (κ2) is 6.10. The summed E-state index contributed by atoms with van der Waals surface area (Å²) in [6.07, 6.45) is 6.28. The minimum Gasteiger partial charge on any atom is -0.459 e. The Balaban J connectivity index is 1.74. The molecular weight excluding hydrogens is 300 g/mol. The van der Waals surface area contributed by atoms with Crippen molar-refractivity contribution in [3.05, 3.63) is 81.9 Å². The highest BCUT2D eigenvalue weighted by Gasteiger charge is 2.25. The number of carbonyl (C=O) groups excluding carboxylic acids is 1. The highest BCUT2D eigenvalue weighted by molar-refractivity contribution is 6.10. The lowest BCUT2D eigenvalue weighted by molar-refractivity contribution is -0.384. The Bertz CT molecular complexity index is 830. The predicted octanol–water partition coefficient (Wildman–Crippen LogP) is 3.09. The Morgan fingerprint density at radius 3 is 2.61 bits per heavy atom. The van der Waals surface area contributed by atoms with Gasteiger partial charge in [0, 0.05) is 12.1 Å². The lowest BCUT2D eigenvalue weighted by Crippen LogP contribution is -2.03. The number of furan rings is 1. The quantitative estimate of drug-likeness (QED) is 0.374. The third kappa shape index (κ3) is 3.24. The number of esters is 1. The molecule has 7 heteroatoms. The molecule has 0 atom stereocenters. The van der Waals surface area contributed by atoms with E-state index < -0.39 is 10.9 Å². The van der Waals surface area contributed by atoms with Gasteiger partial charge in [-0.2, -0.15) is 0 Å². The number of carbonyl (C=O) groups is 1. The first-order valence-electron chi connectivity index (χ1n) is 6.61. The maximum absolute atomic E-state index is 11.7. The van der Waals surface area contributed by atoms with Gasteiger partial charge in [-0.05, 0) is 35.9 Å². The SMILES string of the molecule is O=C1OC(c2ccco2)=NC1=CC=Cc1ccc([N+](=O)[O-])cc1. The molecule has 7 nitrogen and oxygen atoms in total. The Morgan fingerprint density at radius 2 is 1.96 bits per heavy atom. The Hall–Kier alpha value is -3.48. The first-order chi connectivity index (χ1) is 11.1. The second-order valence-electron chi connectivity index (χ2n) is 4.54. The molecule has 114 valence electrons. The summed E-state index contributed by atoms with van der Waals surface area (Å²) >= 11 is 0. The molecule has 1 aliphatic heterocycles. The van der Waals surface area contributed by atoms with Gasteiger partial charge in [0.1, 0.15) is 0 Å². The molecule has 1 aromatic heterocycles. The van der Waals surface area contributed by atoms with Crippen LogP contribution in [0.15, 0.2) is 69.9 Å². The number of ether oxygens (including phenoxy) is 1. The third-order valence-corrected chi connectivity index (χ3v) is 3.00. The molecule has 0 saturated heterocycles. The van der Waals surface area contributed by atoms with Gasteiger partial charge in [0.25, 0.3) is 11.6 Å². The second-order valence-corrected chi connectivity index (χ2v) is 4.54. The molecule has 0 aliphatic carbocycles. The van der Waals surface area contributed by atoms with Crippen molar-refractivity contribution >= 4 is 23.6 Å². The molecule has 3 rings (SSSR count). The van der Waals surface area contributed by atoms with Gasteiger partial charge >= 0.3 is 5.97 Å². The zero-order valence-electron chi connectivity index (χ0n) is 11.7. The van der Waals surface area contributed by atoms with Gasteiger partial charge in [-0.3, -0.25) is 10.1 Å². The molecule has 0 unspecified atom stereocenters. The molecule has 0 bridgehead atoms. The van der Waals surface area contributed by atoms with E-state index in [4.69, 9.17) is 9.15 Å². The zero-order valence-corrected chi connectivity index (χ0v) is 11.7. The largest absolute Gasteiger partial charge is 0.459 e. The lowest BCUT2D eigenvalue weighted by atomic mass is 10.2. The topological polar surface area (TPSA) is 94.9 Å². The molecule has 1 aliphatic rings. The number of hydrogen-bond donors (Lipinski definition) is 0. The molecule has 23 heavy (non-hydrogen) atoms. The van der Waals surface area contributed by atoms with Gasteiger partial charge < -0.3 is 9.15 Å². The number of benzene rings is 1. The third-order valence-electron chi connectivity index (χ3n) is 3.00. The van der Waals surface area contributed by atoms with Crippen LogP contribution < -0.4 is 0 Å². The molecule has 1 aromatic carbocycles. The first kappa shape index (κ1) is 14.5. The average molecular weight is 310 g/mol. The summed E-state index contributed by atoms with van der Waals surface area (Å²) in [5.74, 6) is -0.0687. The molecule has 0 N–H and O–H groups in total. The number of rotatable bonds is 4. The van der Waals surface area contributed by atoms with Crippen LogP contribution in [0.3, 0.4) is 0 Å². The van der Waals surface area contributed by atoms with E-state index in [1.165, 1.54) is 24.5 Å². The molecule has 0 spiro atoms. The molecule has 2 heterocycles. The fourth-order valence-corrected chi connectivity index (χ4v) is 1.89. The van der Waals surface area contributed by atoms with Crippen LogP contribution in [0.1, 0.15) is 11.3 Å². The maximum atomic E-state index is 11.7. The summed E-state index contributed by atoms with van der Waals surface area (Å²) in [6.45, 7) is 0. The summed E-state index contributed by atoms with van der Waals surface area (Å²) in [5.41, 5.74) is 0.927. The standard InChI is InChI=1S/C16H10N2O5/c19-16-13(17-15(23-16)14-5-2-10-22-14)4-1-3-11-6-8-12(9-7-11)18(20)21/h1-10H. The van der Waals surface area contributed by atoms with E-state index in [2.05, 4.69) is 4.99 Å². The maximum Gasteiger partial charge on any atom is 0.363 e. The van der Waals surface area contributed by atoms with Crippen LogP contribution in [0.5, 0.6) is 0 Å². The van der Waals surface area contributed by atoms with E-state index in [9.17, 15) is 14.9 Å². The molecule has 2 aromatic rings. The van der Waals surface area contributed by atoms with E-state index in [1.54, 1.807) is 36.4 Å². The van der Waals surface area contributed by atoms with Crippen LogP contribution in [-0.2, 0) is 9.53 Å². The molecule has 0 saturated carbocycles. The van der Waals surface area contributed by atoms with Crippen molar-refractivity contribution in [3.63, 3.8) is 0 Å². The fourth-order valence-electron chi connectivity index (χ4n) is 1.89. The number of nitro benzene ring substituents is 1. The average Bonchev–Trinajstić information content (AvgIpc) is 3.18. The smallest absolute Gasteiger partial charge is 0.363 e. The summed E-state index contributed by atoms with van der Waals surface area (Å²) in [5, 5.41) is 10.6. The van der Waals surface area contributed by atoms with Gasteiger partial charge in [0.15, 0.2) is 11.5 Å². The lowest BCUT2D eigenvalue weighted by Gasteiger charge is -1.93. The summed E-state index contributed by atoms with van der Waals surface area (Å²) in [7, 11) is 0. The van der Waals surface area contributed by atoms with Crippen LogP contribution in [0, 0.1) is 10.1 Å². The van der Waals surface area contributed by atoms with E-state index >= 15 is 0 Å². The number of hydrogen-bond acceptors (Lipinski definition) is 6. The number of cyclic esters (lactones) is 1. The normalized spacial score (nSPS) is 15.9. The van der Waals surface area contributed by atoms with Crippen molar-refractivity contribution in [1.29, 1.82) is 0 Å². The molecular formula is C16H10N2O5. The number of allylic oxidation sites excluding steroid dienone is 2. The van der Waals surface area contributed by atoms with Crippen molar-refractivity contribution in [2.75, 3.05) is 0 Å². The van der Waals surface area contributed by atoms with Crippen molar-refractivity contribution < 1.29 is 18.9 Å². The van der Waals surface area contributed by atoms with Crippen molar-refractivity contribution in [2.45, 2.75) is 0 Å². The fraction of sp³-hybridized carbons (Fsp3) is 0. The van der Waals surface area contributed by atoms with Crippen LogP contribution in [0.4, 0.5) is 5.69 Å². The number of nitro groups is 1. The Kier molecular flexibility index (Phi) is 3.84. The van der Waals surface area contributed by atoms with Crippen molar-refractivity contribution in [3.8, 4) is 0 Å². The Morgan fingerprint density at radius 1 is 1.17 bits per heavy atom. The minimum atomic E-state index is -0.565. The minimum absolute atomic E-state index is 0.0209. The highest BCUT2D eigenvalue weighted by Crippen LogP contribution is 2.17. The molecule has 0 fully saturated rings. The highest BCUT2D eigenvalue weighted by atomic mass is 16.6. The van der Waals surface area contributed by atoms with Crippen LogP contribution in [0.25, 0.3) is 6.08 Å². The molecule has 0 amide bonds. The van der Waals surface area contributed by atoms with E-state index in [-0.39, 0.29) is 17.3 Å². The first-order valence-corrected chi connectivity index (χ1v) is 6.61. The number of nitrogens with zero attached hydrogens (tertiary/aromatic N) is 2. The zero-order chi connectivity index (χ0) is 16.2. The summed E-state index contributed by atoms with van der Waals surface area (Å²) in [4.78, 5) is 25.8. The molecule has 0 radical (unpaired) electrons. The van der Waals surface area contributed by atoms with Crippen LogP contribution in [0.2, 0.25) is 0 Å². The van der Waals surface area contributed by atoms with Gasteiger partial charge in [-0.15, -0.1) is 0 Å². The van der Waals surface area contributed by atoms with E-state index in [0.29, 0.717) is 5.76 Å². The number of aliphatic imine (C=N–C) groups is 1. The van der Waals surface area contributed by atoms with Crippen molar-refractivity contribution in [1.82, 2.24) is 0 Å². The van der Waals surface area contributed by atoms with Gasteiger partial charge in [0.2, 0.25) is 0 Å². The summed E-state index contributed by atoms with van der Waals surface area (Å²) < 4.78 is 10.1. The summed E-state index contributed by atoms with van der Waals surface area (Å²) in [6, 6.07) is 9.34. The van der Waals surface area contributed by atoms with E-state index in [0.717, 1.165) is 5.56 Å². The van der Waals surface area contributed by atoms with Crippen LogP contribution >= 0.6 is 0 Å². The Labute approximate surface area is 130 Å². The van der Waals surface area contributed by atoms with Gasteiger partial charge in [-0.1, -0.05) is 12.2 Å². The monoisotopic (exact) mass is 310 g/mol.